The van der Waals surface area contributed by atoms with Crippen molar-refractivity contribution in [3.63, 3.8) is 0 Å². The number of esters is 3. The number of ether oxygens (including phenoxy) is 3. The van der Waals surface area contributed by atoms with E-state index in [0.717, 1.165) is 77.0 Å². The average molecular weight is 767 g/mol. The molecular weight excluding hydrogens is 685 g/mol. The number of hydrogen-bond acceptors (Lipinski definition) is 6. The maximum Gasteiger partial charge on any atom is 0.306 e. The van der Waals surface area contributed by atoms with Crippen molar-refractivity contribution in [2.75, 3.05) is 13.2 Å². The summed E-state index contributed by atoms with van der Waals surface area (Å²) in [7, 11) is 0. The highest BCUT2D eigenvalue weighted by atomic mass is 16.6. The fraction of sp³-hybridized carbons (Fsp3) is 0.694. The minimum absolute atomic E-state index is 0.107. The van der Waals surface area contributed by atoms with Crippen LogP contribution in [0.3, 0.4) is 0 Å². The van der Waals surface area contributed by atoms with Crippen LogP contribution < -0.4 is 0 Å². The van der Waals surface area contributed by atoms with Crippen LogP contribution in [0.15, 0.2) is 72.9 Å². The number of allylic oxidation sites excluding steroid dienone is 12. The van der Waals surface area contributed by atoms with Gasteiger partial charge in [0.05, 0.1) is 0 Å². The molecule has 0 aromatic carbocycles. The van der Waals surface area contributed by atoms with E-state index in [0.29, 0.717) is 19.3 Å². The zero-order valence-corrected chi connectivity index (χ0v) is 35.7. The van der Waals surface area contributed by atoms with Gasteiger partial charge in [0, 0.05) is 19.3 Å². The van der Waals surface area contributed by atoms with Gasteiger partial charge in [0.15, 0.2) is 6.10 Å². The van der Waals surface area contributed by atoms with E-state index >= 15 is 0 Å². The van der Waals surface area contributed by atoms with Gasteiger partial charge in [-0.2, -0.15) is 0 Å². The molecule has 0 rings (SSSR count). The van der Waals surface area contributed by atoms with E-state index in [1.54, 1.807) is 0 Å². The van der Waals surface area contributed by atoms with Gasteiger partial charge in [-0.1, -0.05) is 164 Å². The summed E-state index contributed by atoms with van der Waals surface area (Å²) < 4.78 is 16.6. The summed E-state index contributed by atoms with van der Waals surface area (Å²) >= 11 is 0. The molecule has 0 heterocycles. The molecule has 0 aliphatic heterocycles. The number of unbranched alkanes of at least 4 members (excludes halogenated alkanes) is 17. The number of carbonyl (C=O) groups is 3. The first kappa shape index (κ1) is 51.9. The molecule has 0 aromatic heterocycles. The van der Waals surface area contributed by atoms with Gasteiger partial charge in [0.2, 0.25) is 0 Å². The summed E-state index contributed by atoms with van der Waals surface area (Å²) in [6.45, 7) is 6.35. The van der Waals surface area contributed by atoms with Crippen LogP contribution >= 0.6 is 0 Å². The van der Waals surface area contributed by atoms with Crippen molar-refractivity contribution in [2.24, 2.45) is 0 Å². The summed E-state index contributed by atoms with van der Waals surface area (Å²) in [5, 5.41) is 0. The van der Waals surface area contributed by atoms with E-state index in [1.807, 2.05) is 0 Å². The molecular formula is C49H82O6. The van der Waals surface area contributed by atoms with Crippen molar-refractivity contribution in [3.8, 4) is 0 Å². The Morgan fingerprint density at radius 3 is 1.36 bits per heavy atom. The van der Waals surface area contributed by atoms with Crippen molar-refractivity contribution in [3.05, 3.63) is 72.9 Å². The van der Waals surface area contributed by atoms with Crippen LogP contribution in [0.25, 0.3) is 0 Å². The van der Waals surface area contributed by atoms with E-state index in [2.05, 4.69) is 93.7 Å². The van der Waals surface area contributed by atoms with Gasteiger partial charge in [-0.05, 0) is 89.9 Å². The fourth-order valence-electron chi connectivity index (χ4n) is 5.79. The molecule has 0 spiro atoms. The van der Waals surface area contributed by atoms with Gasteiger partial charge < -0.3 is 14.2 Å². The van der Waals surface area contributed by atoms with Gasteiger partial charge in [0.1, 0.15) is 13.2 Å². The largest absolute Gasteiger partial charge is 0.462 e. The second kappa shape index (κ2) is 43.6. The van der Waals surface area contributed by atoms with Gasteiger partial charge in [-0.25, -0.2) is 0 Å². The lowest BCUT2D eigenvalue weighted by Crippen LogP contribution is -2.30. The van der Waals surface area contributed by atoms with Crippen molar-refractivity contribution in [2.45, 2.75) is 207 Å². The van der Waals surface area contributed by atoms with E-state index in [1.165, 1.54) is 77.0 Å². The smallest absolute Gasteiger partial charge is 0.306 e. The Balaban J connectivity index is 4.46. The van der Waals surface area contributed by atoms with Crippen LogP contribution in [0, 0.1) is 0 Å². The zero-order chi connectivity index (χ0) is 40.1. The SMILES string of the molecule is CC/C=C\C/C=C\C/C=C\CCCC(=O)OC(COC(=O)CCCCC/C=C\C=C/CCCC)COC(=O)CCCCCCCCC/C=C\CCCCCC. The molecule has 0 fully saturated rings. The average Bonchev–Trinajstić information content (AvgIpc) is 3.18. The first-order chi connectivity index (χ1) is 27.0. The first-order valence-electron chi connectivity index (χ1n) is 22.5. The van der Waals surface area contributed by atoms with Crippen LogP contribution in [0.5, 0.6) is 0 Å². The molecule has 1 atom stereocenters. The second-order valence-electron chi connectivity index (χ2n) is 14.6. The van der Waals surface area contributed by atoms with Crippen LogP contribution in [0.1, 0.15) is 201 Å². The minimum Gasteiger partial charge on any atom is -0.462 e. The fourth-order valence-corrected chi connectivity index (χ4v) is 5.79. The van der Waals surface area contributed by atoms with Crippen LogP contribution in [-0.2, 0) is 28.6 Å². The topological polar surface area (TPSA) is 78.9 Å². The maximum atomic E-state index is 12.7. The minimum atomic E-state index is -0.811. The summed E-state index contributed by atoms with van der Waals surface area (Å²) in [6.07, 6.45) is 53.2. The Hall–Kier alpha value is -3.15. The lowest BCUT2D eigenvalue weighted by Gasteiger charge is -2.18. The highest BCUT2D eigenvalue weighted by Gasteiger charge is 2.19. The predicted octanol–water partition coefficient (Wildman–Crippen LogP) is 14.3. The zero-order valence-electron chi connectivity index (χ0n) is 35.7. The van der Waals surface area contributed by atoms with E-state index in [9.17, 15) is 14.4 Å². The Kier molecular flexibility index (Phi) is 41.1. The Bertz CT molecular complexity index is 1070. The molecule has 0 amide bonds. The Morgan fingerprint density at radius 1 is 0.400 bits per heavy atom. The van der Waals surface area contributed by atoms with E-state index in [4.69, 9.17) is 14.2 Å². The summed E-state index contributed by atoms with van der Waals surface area (Å²) in [6, 6.07) is 0. The standard InChI is InChI=1S/C49H82O6/c1-4-7-10-13-16-19-22-23-24-25-28-30-33-36-39-42-48(51)54-45-46(55-49(52)43-40-37-34-31-27-21-18-15-12-9-6-3)44-53-47(50)41-38-35-32-29-26-20-17-14-11-8-5-2/h9,12,14,17-22,26,31,34,46H,4-8,10-11,13,15-16,23-25,27-30,32-33,35-45H2,1-3H3/b12-9-,17-14-,21-18-,22-19-,26-20-,34-31-. The Morgan fingerprint density at radius 2 is 0.800 bits per heavy atom. The lowest BCUT2D eigenvalue weighted by atomic mass is 10.1. The van der Waals surface area contributed by atoms with Crippen molar-refractivity contribution in [1.29, 1.82) is 0 Å². The van der Waals surface area contributed by atoms with Crippen molar-refractivity contribution < 1.29 is 28.6 Å². The molecule has 0 radical (unpaired) electrons. The molecule has 0 aliphatic rings. The van der Waals surface area contributed by atoms with Crippen LogP contribution in [-0.4, -0.2) is 37.2 Å². The normalized spacial score (nSPS) is 12.7. The molecule has 0 bridgehead atoms. The van der Waals surface area contributed by atoms with Gasteiger partial charge >= 0.3 is 17.9 Å². The predicted molar refractivity (Wildman–Crippen MR) is 233 cm³/mol. The molecule has 314 valence electrons. The molecule has 6 nitrogen and oxygen atoms in total. The van der Waals surface area contributed by atoms with E-state index in [-0.39, 0.29) is 37.5 Å². The van der Waals surface area contributed by atoms with Gasteiger partial charge in [-0.15, -0.1) is 0 Å². The number of rotatable bonds is 39. The summed E-state index contributed by atoms with van der Waals surface area (Å²) in [5.74, 6) is -1.00. The number of hydrogen-bond donors (Lipinski definition) is 0. The first-order valence-corrected chi connectivity index (χ1v) is 22.5. The lowest BCUT2D eigenvalue weighted by molar-refractivity contribution is -0.167. The third-order valence-electron chi connectivity index (χ3n) is 9.19. The van der Waals surface area contributed by atoms with Crippen molar-refractivity contribution in [1.82, 2.24) is 0 Å². The molecule has 0 aliphatic carbocycles. The highest BCUT2D eigenvalue weighted by Crippen LogP contribution is 2.12. The van der Waals surface area contributed by atoms with Gasteiger partial charge in [-0.3, -0.25) is 14.4 Å². The molecule has 0 aromatic rings. The quantitative estimate of drug-likeness (QED) is 0.0204. The number of carbonyl (C=O) groups excluding carboxylic acids is 3. The third kappa shape index (κ3) is 41.8. The third-order valence-corrected chi connectivity index (χ3v) is 9.19. The van der Waals surface area contributed by atoms with Crippen LogP contribution in [0.4, 0.5) is 0 Å². The Labute approximate surface area is 338 Å². The summed E-state index contributed by atoms with van der Waals surface area (Å²) in [5.41, 5.74) is 0. The molecule has 6 heteroatoms. The molecule has 55 heavy (non-hydrogen) atoms. The molecule has 0 saturated heterocycles. The second-order valence-corrected chi connectivity index (χ2v) is 14.6. The van der Waals surface area contributed by atoms with Crippen LogP contribution in [0.2, 0.25) is 0 Å². The monoisotopic (exact) mass is 767 g/mol. The highest BCUT2D eigenvalue weighted by molar-refractivity contribution is 5.71. The van der Waals surface area contributed by atoms with Gasteiger partial charge in [0.25, 0.3) is 0 Å². The molecule has 0 saturated carbocycles. The maximum absolute atomic E-state index is 12.7. The molecule has 1 unspecified atom stereocenters. The molecule has 0 N–H and O–H groups in total. The summed E-state index contributed by atoms with van der Waals surface area (Å²) in [4.78, 5) is 37.6. The van der Waals surface area contributed by atoms with Crippen molar-refractivity contribution >= 4 is 17.9 Å². The van der Waals surface area contributed by atoms with E-state index < -0.39 is 6.10 Å².